The van der Waals surface area contributed by atoms with Gasteiger partial charge in [0.15, 0.2) is 6.29 Å². The zero-order chi connectivity index (χ0) is 13.9. The lowest BCUT2D eigenvalue weighted by Gasteiger charge is -2.15. The van der Waals surface area contributed by atoms with E-state index in [9.17, 15) is 0 Å². The van der Waals surface area contributed by atoms with Crippen molar-refractivity contribution in [2.75, 3.05) is 26.6 Å². The number of benzene rings is 1. The summed E-state index contributed by atoms with van der Waals surface area (Å²) in [6.07, 6.45) is 1.52. The molecule has 0 radical (unpaired) electrons. The largest absolute Gasteiger partial charge is 0.496 e. The monoisotopic (exact) mass is 294 g/mol. The lowest BCUT2D eigenvalue weighted by Crippen LogP contribution is -2.05. The van der Waals surface area contributed by atoms with Gasteiger partial charge in [0.25, 0.3) is 0 Å². The maximum atomic E-state index is 5.54. The van der Waals surface area contributed by atoms with Gasteiger partial charge < -0.3 is 14.2 Å². The van der Waals surface area contributed by atoms with Crippen LogP contribution in [0.15, 0.2) is 23.4 Å². The molecular formula is C12H14N4O3S. The van der Waals surface area contributed by atoms with Crippen LogP contribution in [0, 0.1) is 0 Å². The molecule has 2 aromatic rings. The number of ether oxygens (including phenoxy) is 3. The van der Waals surface area contributed by atoms with Crippen molar-refractivity contribution < 1.29 is 14.2 Å². The van der Waals surface area contributed by atoms with Crippen molar-refractivity contribution >= 4 is 11.8 Å². The van der Waals surface area contributed by atoms with Crippen molar-refractivity contribution in [3.05, 3.63) is 23.8 Å². The van der Waals surface area contributed by atoms with E-state index in [1.165, 1.54) is 11.8 Å². The summed E-state index contributed by atoms with van der Waals surface area (Å²) in [5, 5.41) is 12.3. The third-order valence-electron chi connectivity index (χ3n) is 2.96. The summed E-state index contributed by atoms with van der Waals surface area (Å²) in [5.74, 6) is 0.722. The van der Waals surface area contributed by atoms with E-state index < -0.39 is 6.29 Å². The molecular weight excluding hydrogens is 280 g/mol. The maximum Gasteiger partial charge on any atom is 0.213 e. The lowest BCUT2D eigenvalue weighted by molar-refractivity contribution is -0.0454. The van der Waals surface area contributed by atoms with Gasteiger partial charge in [0.05, 0.1) is 31.6 Å². The van der Waals surface area contributed by atoms with Gasteiger partial charge in [-0.3, -0.25) is 0 Å². The van der Waals surface area contributed by atoms with Crippen molar-refractivity contribution in [1.82, 2.24) is 20.2 Å². The van der Waals surface area contributed by atoms with E-state index in [0.717, 1.165) is 22.2 Å². The van der Waals surface area contributed by atoms with Crippen LogP contribution >= 0.6 is 11.8 Å². The van der Waals surface area contributed by atoms with Crippen LogP contribution in [0.5, 0.6) is 5.75 Å². The Morgan fingerprint density at radius 1 is 1.35 bits per heavy atom. The van der Waals surface area contributed by atoms with Crippen LogP contribution in [0.2, 0.25) is 0 Å². The Morgan fingerprint density at radius 2 is 2.15 bits per heavy atom. The standard InChI is InChI=1S/C12H14N4O3S/c1-17-10-4-3-8(16-12(20-2)13-14-15-16)7-9(10)11-18-5-6-19-11/h3-4,7,11H,5-6H2,1-2H3. The Bertz CT molecular complexity index is 598. The summed E-state index contributed by atoms with van der Waals surface area (Å²) in [6.45, 7) is 1.16. The Kier molecular flexibility index (Phi) is 3.86. The first-order chi connectivity index (χ1) is 9.83. The molecule has 106 valence electrons. The minimum Gasteiger partial charge on any atom is -0.496 e. The molecule has 0 amide bonds. The highest BCUT2D eigenvalue weighted by Gasteiger charge is 2.23. The molecule has 7 nitrogen and oxygen atoms in total. The zero-order valence-electron chi connectivity index (χ0n) is 11.1. The van der Waals surface area contributed by atoms with E-state index in [2.05, 4.69) is 15.5 Å². The predicted molar refractivity (Wildman–Crippen MR) is 72.1 cm³/mol. The van der Waals surface area contributed by atoms with Gasteiger partial charge in [0.1, 0.15) is 5.75 Å². The molecule has 2 heterocycles. The van der Waals surface area contributed by atoms with Crippen LogP contribution in [0.1, 0.15) is 11.9 Å². The fourth-order valence-corrected chi connectivity index (χ4v) is 2.48. The van der Waals surface area contributed by atoms with E-state index in [1.807, 2.05) is 24.5 Å². The van der Waals surface area contributed by atoms with Crippen molar-refractivity contribution in [3.8, 4) is 11.4 Å². The number of hydrogen-bond donors (Lipinski definition) is 0. The molecule has 0 N–H and O–H groups in total. The first-order valence-electron chi connectivity index (χ1n) is 6.07. The number of methoxy groups -OCH3 is 1. The van der Waals surface area contributed by atoms with Crippen molar-refractivity contribution in [2.45, 2.75) is 11.4 Å². The molecule has 1 aliphatic rings. The van der Waals surface area contributed by atoms with Crippen molar-refractivity contribution in [3.63, 3.8) is 0 Å². The number of aromatic nitrogens is 4. The summed E-state index contributed by atoms with van der Waals surface area (Å²) in [4.78, 5) is 0. The SMILES string of the molecule is COc1ccc(-n2nnnc2SC)cc1C1OCCO1. The minimum atomic E-state index is -0.404. The molecule has 0 bridgehead atoms. The second kappa shape index (κ2) is 5.78. The van der Waals surface area contributed by atoms with Gasteiger partial charge in [-0.25, -0.2) is 0 Å². The third-order valence-corrected chi connectivity index (χ3v) is 3.58. The molecule has 1 fully saturated rings. The summed E-state index contributed by atoms with van der Waals surface area (Å²) in [5.41, 5.74) is 1.68. The Labute approximate surface area is 120 Å². The first kappa shape index (κ1) is 13.3. The maximum absolute atomic E-state index is 5.54. The Morgan fingerprint density at radius 3 is 2.85 bits per heavy atom. The minimum absolute atomic E-state index is 0.404. The van der Waals surface area contributed by atoms with Crippen LogP contribution in [-0.4, -0.2) is 46.8 Å². The average molecular weight is 294 g/mol. The van der Waals surface area contributed by atoms with E-state index in [4.69, 9.17) is 14.2 Å². The smallest absolute Gasteiger partial charge is 0.213 e. The molecule has 1 aliphatic heterocycles. The number of hydrogen-bond acceptors (Lipinski definition) is 7. The molecule has 0 unspecified atom stereocenters. The highest BCUT2D eigenvalue weighted by Crippen LogP contribution is 2.33. The first-order valence-corrected chi connectivity index (χ1v) is 7.30. The molecule has 0 aliphatic carbocycles. The van der Waals surface area contributed by atoms with Crippen LogP contribution < -0.4 is 4.74 Å². The molecule has 0 atom stereocenters. The summed E-state index contributed by atoms with van der Waals surface area (Å²) in [7, 11) is 1.62. The fraction of sp³-hybridized carbons (Fsp3) is 0.417. The fourth-order valence-electron chi connectivity index (χ4n) is 2.04. The van der Waals surface area contributed by atoms with Gasteiger partial charge in [0.2, 0.25) is 5.16 Å². The van der Waals surface area contributed by atoms with Gasteiger partial charge in [-0.1, -0.05) is 11.8 Å². The molecule has 3 rings (SSSR count). The number of thioether (sulfide) groups is 1. The molecule has 1 saturated heterocycles. The van der Waals surface area contributed by atoms with E-state index >= 15 is 0 Å². The molecule has 1 aromatic heterocycles. The average Bonchev–Trinajstić information content (AvgIpc) is 3.17. The second-order valence-electron chi connectivity index (χ2n) is 4.08. The van der Waals surface area contributed by atoms with Gasteiger partial charge in [-0.05, 0) is 34.9 Å². The number of tetrazole rings is 1. The highest BCUT2D eigenvalue weighted by molar-refractivity contribution is 7.98. The number of rotatable bonds is 4. The second-order valence-corrected chi connectivity index (χ2v) is 4.85. The quantitative estimate of drug-likeness (QED) is 0.790. The number of nitrogens with zero attached hydrogens (tertiary/aromatic N) is 4. The van der Waals surface area contributed by atoms with Gasteiger partial charge >= 0.3 is 0 Å². The molecule has 8 heteroatoms. The Hall–Kier alpha value is -1.64. The van der Waals surface area contributed by atoms with Gasteiger partial charge in [-0.15, -0.1) is 5.10 Å². The van der Waals surface area contributed by atoms with Crippen molar-refractivity contribution in [2.24, 2.45) is 0 Å². The molecule has 1 aromatic carbocycles. The third kappa shape index (κ3) is 2.37. The predicted octanol–water partition coefficient (Wildman–Crippen LogP) is 1.44. The summed E-state index contributed by atoms with van der Waals surface area (Å²) in [6, 6.07) is 5.68. The van der Waals surface area contributed by atoms with E-state index in [0.29, 0.717) is 13.2 Å². The topological polar surface area (TPSA) is 71.3 Å². The van der Waals surface area contributed by atoms with Crippen LogP contribution in [0.25, 0.3) is 5.69 Å². The summed E-state index contributed by atoms with van der Waals surface area (Å²) >= 11 is 1.48. The van der Waals surface area contributed by atoms with E-state index in [1.54, 1.807) is 11.8 Å². The zero-order valence-corrected chi connectivity index (χ0v) is 12.0. The molecule has 0 spiro atoms. The van der Waals surface area contributed by atoms with Crippen LogP contribution in [-0.2, 0) is 9.47 Å². The van der Waals surface area contributed by atoms with Crippen LogP contribution in [0.3, 0.4) is 0 Å². The Balaban J connectivity index is 2.03. The van der Waals surface area contributed by atoms with Gasteiger partial charge in [0, 0.05) is 0 Å². The van der Waals surface area contributed by atoms with Gasteiger partial charge in [-0.2, -0.15) is 4.68 Å². The highest BCUT2D eigenvalue weighted by atomic mass is 32.2. The molecule has 20 heavy (non-hydrogen) atoms. The van der Waals surface area contributed by atoms with E-state index in [-0.39, 0.29) is 0 Å². The molecule has 0 saturated carbocycles. The summed E-state index contributed by atoms with van der Waals surface area (Å²) < 4.78 is 18.1. The normalized spacial score (nSPS) is 15.7. The van der Waals surface area contributed by atoms with Crippen molar-refractivity contribution in [1.29, 1.82) is 0 Å². The van der Waals surface area contributed by atoms with Crippen LogP contribution in [0.4, 0.5) is 0 Å². The lowest BCUT2D eigenvalue weighted by atomic mass is 10.1.